The highest BCUT2D eigenvalue weighted by Gasteiger charge is 2.42. The van der Waals surface area contributed by atoms with E-state index in [2.05, 4.69) is 18.1 Å². The number of phosphoric acid groups is 3. The van der Waals surface area contributed by atoms with Gasteiger partial charge in [0.2, 0.25) is 0 Å². The maximum atomic E-state index is 11.7. The van der Waals surface area contributed by atoms with Crippen LogP contribution in [-0.2, 0) is 31.6 Å². The summed E-state index contributed by atoms with van der Waals surface area (Å²) in [5, 5.41) is 10.0. The highest BCUT2D eigenvalue weighted by atomic mass is 32.1. The standard InChI is InChI=1S/C10H17N2O13P3S/c1-5-3-12(10(29)11-9(5)14)8-2-6(13)7(23-8)4-22-27(18,19)25-28(20,21)24-26(15,16)17/h3,6-8,13H,2,4H2,1H3,(H,18,19)(H,20,21)(H,11,14,29)(H2,15,16,17)/t6-,7-,8-/m1/s1. The van der Waals surface area contributed by atoms with Gasteiger partial charge < -0.3 is 29.4 Å². The van der Waals surface area contributed by atoms with Crippen molar-refractivity contribution in [2.24, 2.45) is 0 Å². The van der Waals surface area contributed by atoms with Crippen molar-refractivity contribution in [2.75, 3.05) is 6.61 Å². The van der Waals surface area contributed by atoms with Gasteiger partial charge in [0.05, 0.1) is 12.7 Å². The zero-order valence-corrected chi connectivity index (χ0v) is 17.9. The van der Waals surface area contributed by atoms with E-state index >= 15 is 0 Å². The Morgan fingerprint density at radius 2 is 1.86 bits per heavy atom. The molecule has 1 aliphatic heterocycles. The van der Waals surface area contributed by atoms with E-state index in [1.165, 1.54) is 17.7 Å². The number of ether oxygens (including phenoxy) is 1. The molecule has 0 spiro atoms. The molecule has 6 N–H and O–H groups in total. The molecule has 2 heterocycles. The van der Waals surface area contributed by atoms with Gasteiger partial charge in [-0.05, 0) is 19.1 Å². The van der Waals surface area contributed by atoms with E-state index in [0.29, 0.717) is 5.56 Å². The summed E-state index contributed by atoms with van der Waals surface area (Å²) < 4.78 is 52.0. The quantitative estimate of drug-likeness (QED) is 0.208. The van der Waals surface area contributed by atoms with Gasteiger partial charge in [0.25, 0.3) is 5.56 Å². The van der Waals surface area contributed by atoms with Gasteiger partial charge in [-0.25, -0.2) is 13.7 Å². The summed E-state index contributed by atoms with van der Waals surface area (Å²) in [5.74, 6) is 0. The van der Waals surface area contributed by atoms with E-state index in [-0.39, 0.29) is 11.2 Å². The molecule has 0 bridgehead atoms. The van der Waals surface area contributed by atoms with E-state index in [1.807, 2.05) is 0 Å². The second kappa shape index (κ2) is 8.89. The summed E-state index contributed by atoms with van der Waals surface area (Å²) in [6.07, 6.45) is -1.93. The molecule has 19 heteroatoms. The van der Waals surface area contributed by atoms with Crippen molar-refractivity contribution in [3.8, 4) is 0 Å². The monoisotopic (exact) mass is 498 g/mol. The minimum Gasteiger partial charge on any atom is -0.390 e. The molecule has 0 amide bonds. The second-order valence-corrected chi connectivity index (χ2v) is 10.6. The summed E-state index contributed by atoms with van der Waals surface area (Å²) in [7, 11) is -16.5. The van der Waals surface area contributed by atoms with Gasteiger partial charge in [-0.3, -0.25) is 18.9 Å². The first-order valence-electron chi connectivity index (χ1n) is 7.52. The molecule has 1 aromatic rings. The van der Waals surface area contributed by atoms with E-state index in [4.69, 9.17) is 31.6 Å². The van der Waals surface area contributed by atoms with Crippen LogP contribution in [-0.4, -0.2) is 53.0 Å². The summed E-state index contributed by atoms with van der Waals surface area (Å²) in [6, 6.07) is 0. The molecule has 1 aromatic heterocycles. The zero-order chi connectivity index (χ0) is 22.2. The van der Waals surface area contributed by atoms with E-state index < -0.39 is 54.1 Å². The molecular formula is C10H17N2O13P3S. The lowest BCUT2D eigenvalue weighted by Gasteiger charge is -2.19. The lowest BCUT2D eigenvalue weighted by Crippen LogP contribution is -2.26. The Kier molecular flexibility index (Phi) is 7.57. The lowest BCUT2D eigenvalue weighted by molar-refractivity contribution is -0.0444. The number of nitrogens with zero attached hydrogens (tertiary/aromatic N) is 1. The summed E-state index contributed by atoms with van der Waals surface area (Å²) >= 11 is 5.01. The first-order valence-corrected chi connectivity index (χ1v) is 12.5. The summed E-state index contributed by atoms with van der Waals surface area (Å²) in [4.78, 5) is 49.4. The molecule has 1 saturated heterocycles. The Balaban J connectivity index is 2.03. The van der Waals surface area contributed by atoms with Crippen LogP contribution in [0.3, 0.4) is 0 Å². The molecular weight excluding hydrogens is 481 g/mol. The number of rotatable bonds is 8. The van der Waals surface area contributed by atoms with Gasteiger partial charge in [-0.15, -0.1) is 0 Å². The third kappa shape index (κ3) is 7.26. The molecule has 0 aromatic carbocycles. The fourth-order valence-corrected chi connectivity index (χ4v) is 5.60. The third-order valence-corrected chi connectivity index (χ3v) is 7.59. The highest BCUT2D eigenvalue weighted by Crippen LogP contribution is 2.66. The van der Waals surface area contributed by atoms with Crippen LogP contribution in [0.2, 0.25) is 0 Å². The maximum Gasteiger partial charge on any atom is 0.490 e. The van der Waals surface area contributed by atoms with Crippen LogP contribution in [0.5, 0.6) is 0 Å². The van der Waals surface area contributed by atoms with Crippen molar-refractivity contribution >= 4 is 35.7 Å². The number of aliphatic hydroxyl groups is 1. The van der Waals surface area contributed by atoms with Gasteiger partial charge >= 0.3 is 23.5 Å². The minimum atomic E-state index is -5.65. The first-order chi connectivity index (χ1) is 13.1. The molecule has 29 heavy (non-hydrogen) atoms. The maximum absolute atomic E-state index is 11.7. The fourth-order valence-electron chi connectivity index (χ4n) is 2.31. The predicted octanol–water partition coefficient (Wildman–Crippen LogP) is 0.206. The molecule has 5 atom stereocenters. The van der Waals surface area contributed by atoms with Gasteiger partial charge in [-0.1, -0.05) is 0 Å². The summed E-state index contributed by atoms with van der Waals surface area (Å²) in [6.45, 7) is 0.708. The number of aromatic amines is 1. The Bertz CT molecular complexity index is 1020. The Morgan fingerprint density at radius 3 is 2.45 bits per heavy atom. The fraction of sp³-hybridized carbons (Fsp3) is 0.600. The zero-order valence-electron chi connectivity index (χ0n) is 14.4. The molecule has 2 unspecified atom stereocenters. The van der Waals surface area contributed by atoms with Gasteiger partial charge in [0.1, 0.15) is 12.3 Å². The topological polar surface area (TPSA) is 227 Å². The van der Waals surface area contributed by atoms with Crippen molar-refractivity contribution in [1.82, 2.24) is 9.55 Å². The molecule has 1 aliphatic rings. The average Bonchev–Trinajstić information content (AvgIpc) is 2.86. The molecule has 0 radical (unpaired) electrons. The van der Waals surface area contributed by atoms with E-state index in [9.17, 15) is 28.5 Å². The minimum absolute atomic E-state index is 0.00587. The molecule has 0 aliphatic carbocycles. The normalized spacial score (nSPS) is 26.8. The highest BCUT2D eigenvalue weighted by molar-refractivity contribution is 7.71. The number of aryl methyl sites for hydroxylation is 1. The molecule has 1 fully saturated rings. The lowest BCUT2D eigenvalue weighted by atomic mass is 10.2. The molecule has 166 valence electrons. The third-order valence-electron chi connectivity index (χ3n) is 3.48. The molecule has 2 rings (SSSR count). The molecule has 0 saturated carbocycles. The van der Waals surface area contributed by atoms with Crippen molar-refractivity contribution in [2.45, 2.75) is 31.8 Å². The number of aromatic nitrogens is 2. The molecule has 15 nitrogen and oxygen atoms in total. The Hall–Kier alpha value is -0.570. The van der Waals surface area contributed by atoms with Crippen molar-refractivity contribution in [3.63, 3.8) is 0 Å². The van der Waals surface area contributed by atoms with Crippen LogP contribution < -0.4 is 5.56 Å². The SMILES string of the molecule is Cc1cn([C@H]2C[C@@H](O)[C@@H](COP(=O)(O)OP(=O)(O)OP(=O)(O)O)O2)c(=S)[nH]c1=O. The number of phosphoric ester groups is 1. The van der Waals surface area contributed by atoms with Crippen LogP contribution in [0.1, 0.15) is 18.2 Å². The van der Waals surface area contributed by atoms with Gasteiger partial charge in [0, 0.05) is 18.2 Å². The van der Waals surface area contributed by atoms with E-state index in [1.54, 1.807) is 0 Å². The predicted molar refractivity (Wildman–Crippen MR) is 95.0 cm³/mol. The summed E-state index contributed by atoms with van der Waals surface area (Å²) in [5.41, 5.74) is -0.0950. The van der Waals surface area contributed by atoms with Crippen molar-refractivity contribution < 1.29 is 56.3 Å². The number of hydrogen-bond donors (Lipinski definition) is 6. The van der Waals surface area contributed by atoms with Crippen molar-refractivity contribution in [3.05, 3.63) is 26.9 Å². The Labute approximate surface area is 167 Å². The van der Waals surface area contributed by atoms with Crippen LogP contribution in [0, 0.1) is 11.7 Å². The first kappa shape index (κ1) is 24.7. The second-order valence-electron chi connectivity index (χ2n) is 5.80. The smallest absolute Gasteiger partial charge is 0.390 e. The van der Waals surface area contributed by atoms with Gasteiger partial charge in [0.15, 0.2) is 4.77 Å². The van der Waals surface area contributed by atoms with Crippen LogP contribution in [0.15, 0.2) is 11.0 Å². The van der Waals surface area contributed by atoms with Crippen LogP contribution in [0.4, 0.5) is 0 Å². The van der Waals surface area contributed by atoms with Gasteiger partial charge in [-0.2, -0.15) is 8.62 Å². The average molecular weight is 498 g/mol. The Morgan fingerprint density at radius 1 is 1.24 bits per heavy atom. The van der Waals surface area contributed by atoms with E-state index in [0.717, 1.165) is 0 Å². The largest absolute Gasteiger partial charge is 0.490 e. The number of H-pyrrole nitrogens is 1. The van der Waals surface area contributed by atoms with Crippen LogP contribution in [0.25, 0.3) is 0 Å². The number of aliphatic hydroxyl groups excluding tert-OH is 1. The number of hydrogen-bond acceptors (Lipinski definition) is 10. The van der Waals surface area contributed by atoms with Crippen LogP contribution >= 0.6 is 35.7 Å². The number of nitrogens with one attached hydrogen (secondary N) is 1. The van der Waals surface area contributed by atoms with Crippen molar-refractivity contribution in [1.29, 1.82) is 0 Å².